The number of allylic oxidation sites excluding steroid dienone is 5. The molecule has 3 heteroatoms. The van der Waals surface area contributed by atoms with Gasteiger partial charge in [-0.1, -0.05) is 51.8 Å². The number of unbranched alkanes of at least 4 members (excludes halogenated alkanes) is 2. The fourth-order valence-electron chi connectivity index (χ4n) is 1.16. The maximum absolute atomic E-state index is 10.8. The lowest BCUT2D eigenvalue weighted by atomic mass is 10.2. The molecule has 20 heavy (non-hydrogen) atoms. The number of halogens is 1. The standard InChI is InChI=1S/C17H19BrO2/c1-20-17(19)15-13-11-9-7-5-3-2-4-6-8-10-12-14-16-18/h3,5-6,8,14,16H,2,4,11,13,15H2,1H3/b5-3+,8-6+,16-14+. The molecule has 0 aromatic carbocycles. The Kier molecular flexibility index (Phi) is 14.0. The molecule has 0 fully saturated rings. The van der Waals surface area contributed by atoms with Crippen molar-refractivity contribution >= 4 is 21.9 Å². The van der Waals surface area contributed by atoms with Crippen LogP contribution in [0, 0.1) is 23.7 Å². The van der Waals surface area contributed by atoms with Gasteiger partial charge in [0.25, 0.3) is 0 Å². The highest BCUT2D eigenvalue weighted by atomic mass is 79.9. The third-order valence-corrected chi connectivity index (χ3v) is 2.41. The highest BCUT2D eigenvalue weighted by molar-refractivity contribution is 9.11. The van der Waals surface area contributed by atoms with E-state index in [-0.39, 0.29) is 5.97 Å². The van der Waals surface area contributed by atoms with Gasteiger partial charge in [0.15, 0.2) is 0 Å². The van der Waals surface area contributed by atoms with Gasteiger partial charge in [0.2, 0.25) is 0 Å². The summed E-state index contributed by atoms with van der Waals surface area (Å²) in [5, 5.41) is 0. The molecule has 0 saturated heterocycles. The van der Waals surface area contributed by atoms with Crippen molar-refractivity contribution in [2.75, 3.05) is 7.11 Å². The predicted octanol–water partition coefficient (Wildman–Crippen LogP) is 4.14. The number of carbonyl (C=O) groups is 1. The molecule has 0 aromatic rings. The number of hydrogen-bond acceptors (Lipinski definition) is 2. The van der Waals surface area contributed by atoms with Crippen LogP contribution in [-0.4, -0.2) is 13.1 Å². The number of esters is 1. The summed E-state index contributed by atoms with van der Waals surface area (Å²) in [5.74, 6) is 11.5. The molecule has 0 bridgehead atoms. The summed E-state index contributed by atoms with van der Waals surface area (Å²) >= 11 is 3.14. The summed E-state index contributed by atoms with van der Waals surface area (Å²) in [4.78, 5) is 12.5. The molecule has 0 spiro atoms. The second-order valence-corrected chi connectivity index (χ2v) is 4.24. The Morgan fingerprint density at radius 3 is 2.40 bits per heavy atom. The number of rotatable bonds is 6. The van der Waals surface area contributed by atoms with Crippen LogP contribution in [-0.2, 0) is 9.53 Å². The maximum atomic E-state index is 10.8. The van der Waals surface area contributed by atoms with E-state index < -0.39 is 0 Å². The van der Waals surface area contributed by atoms with Crippen molar-refractivity contribution in [3.05, 3.63) is 35.4 Å². The van der Waals surface area contributed by atoms with Crippen molar-refractivity contribution in [3.8, 4) is 23.7 Å². The third-order valence-electron chi connectivity index (χ3n) is 2.14. The number of ether oxygens (including phenoxy) is 1. The maximum Gasteiger partial charge on any atom is 0.305 e. The molecule has 0 unspecified atom stereocenters. The normalized spacial score (nSPS) is 10.3. The highest BCUT2D eigenvalue weighted by Crippen LogP contribution is 1.96. The van der Waals surface area contributed by atoms with Crippen molar-refractivity contribution in [3.63, 3.8) is 0 Å². The minimum Gasteiger partial charge on any atom is -0.469 e. The molecule has 0 aromatic heterocycles. The van der Waals surface area contributed by atoms with Gasteiger partial charge in [-0.2, -0.15) is 0 Å². The Hall–Kier alpha value is -1.71. The lowest BCUT2D eigenvalue weighted by molar-refractivity contribution is -0.140. The third kappa shape index (κ3) is 14.4. The molecule has 0 amide bonds. The van der Waals surface area contributed by atoms with Gasteiger partial charge in [0.05, 0.1) is 7.11 Å². The molecule has 0 atom stereocenters. The summed E-state index contributed by atoms with van der Waals surface area (Å²) in [6, 6.07) is 0. The zero-order valence-corrected chi connectivity index (χ0v) is 13.3. The molecule has 0 saturated carbocycles. The van der Waals surface area contributed by atoms with Gasteiger partial charge in [-0.05, 0) is 42.5 Å². The molecule has 0 heterocycles. The zero-order chi connectivity index (χ0) is 14.9. The largest absolute Gasteiger partial charge is 0.469 e. The van der Waals surface area contributed by atoms with Crippen LogP contribution < -0.4 is 0 Å². The van der Waals surface area contributed by atoms with Crippen molar-refractivity contribution < 1.29 is 9.53 Å². The molecular formula is C17H19BrO2. The van der Waals surface area contributed by atoms with Gasteiger partial charge >= 0.3 is 5.97 Å². The first-order valence-corrected chi connectivity index (χ1v) is 7.34. The Morgan fingerprint density at radius 1 is 1.10 bits per heavy atom. The van der Waals surface area contributed by atoms with Crippen molar-refractivity contribution in [1.82, 2.24) is 0 Å². The molecular weight excluding hydrogens is 316 g/mol. The molecule has 0 aliphatic rings. The predicted molar refractivity (Wildman–Crippen MR) is 87.0 cm³/mol. The first-order valence-electron chi connectivity index (χ1n) is 6.42. The monoisotopic (exact) mass is 334 g/mol. The van der Waals surface area contributed by atoms with Crippen LogP contribution in [0.5, 0.6) is 0 Å². The molecule has 2 nitrogen and oxygen atoms in total. The van der Waals surface area contributed by atoms with E-state index in [0.717, 1.165) is 25.7 Å². The van der Waals surface area contributed by atoms with E-state index in [1.807, 2.05) is 24.3 Å². The molecule has 0 aliphatic carbocycles. The number of carbonyl (C=O) groups excluding carboxylic acids is 1. The first-order chi connectivity index (χ1) is 9.81. The SMILES string of the molecule is COC(=O)CCCC#C/C=C/CC/C=C/C#C/C=C/Br. The Balaban J connectivity index is 3.58. The van der Waals surface area contributed by atoms with Crippen LogP contribution in [0.4, 0.5) is 0 Å². The smallest absolute Gasteiger partial charge is 0.305 e. The van der Waals surface area contributed by atoms with E-state index in [0.29, 0.717) is 6.42 Å². The Bertz CT molecular complexity index is 465. The molecule has 0 N–H and O–H groups in total. The summed E-state index contributed by atoms with van der Waals surface area (Å²) in [6.07, 6.45) is 13.3. The van der Waals surface area contributed by atoms with Gasteiger partial charge in [-0.25, -0.2) is 0 Å². The van der Waals surface area contributed by atoms with E-state index in [1.54, 1.807) is 11.1 Å². The van der Waals surface area contributed by atoms with Gasteiger partial charge in [0, 0.05) is 12.8 Å². The molecule has 0 rings (SSSR count). The van der Waals surface area contributed by atoms with Crippen LogP contribution in [0.2, 0.25) is 0 Å². The fourth-order valence-corrected chi connectivity index (χ4v) is 1.29. The second kappa shape index (κ2) is 15.3. The topological polar surface area (TPSA) is 26.3 Å². The van der Waals surface area contributed by atoms with Gasteiger partial charge < -0.3 is 4.74 Å². The van der Waals surface area contributed by atoms with Crippen LogP contribution >= 0.6 is 15.9 Å². The lowest BCUT2D eigenvalue weighted by Gasteiger charge is -1.93. The summed E-state index contributed by atoms with van der Waals surface area (Å²) < 4.78 is 4.54. The van der Waals surface area contributed by atoms with E-state index in [4.69, 9.17) is 0 Å². The lowest BCUT2D eigenvalue weighted by Crippen LogP contribution is -1.98. The van der Waals surface area contributed by atoms with Crippen molar-refractivity contribution in [1.29, 1.82) is 0 Å². The Morgan fingerprint density at radius 2 is 1.75 bits per heavy atom. The molecule has 106 valence electrons. The van der Waals surface area contributed by atoms with Crippen LogP contribution in [0.1, 0.15) is 32.1 Å². The van der Waals surface area contributed by atoms with E-state index in [2.05, 4.69) is 44.3 Å². The quantitative estimate of drug-likeness (QED) is 0.414. The number of hydrogen-bond donors (Lipinski definition) is 0. The van der Waals surface area contributed by atoms with Crippen molar-refractivity contribution in [2.45, 2.75) is 32.1 Å². The van der Waals surface area contributed by atoms with E-state index in [1.165, 1.54) is 7.11 Å². The van der Waals surface area contributed by atoms with Gasteiger partial charge in [-0.3, -0.25) is 4.79 Å². The summed E-state index contributed by atoms with van der Waals surface area (Å²) in [5.41, 5.74) is 0. The first kappa shape index (κ1) is 18.3. The average Bonchev–Trinajstić information content (AvgIpc) is 2.47. The van der Waals surface area contributed by atoms with E-state index >= 15 is 0 Å². The Labute approximate surface area is 130 Å². The minimum atomic E-state index is -0.177. The zero-order valence-electron chi connectivity index (χ0n) is 11.7. The van der Waals surface area contributed by atoms with Crippen LogP contribution in [0.25, 0.3) is 0 Å². The van der Waals surface area contributed by atoms with Crippen LogP contribution in [0.15, 0.2) is 35.4 Å². The summed E-state index contributed by atoms with van der Waals surface area (Å²) in [6.45, 7) is 0. The van der Waals surface area contributed by atoms with Crippen LogP contribution in [0.3, 0.4) is 0 Å². The highest BCUT2D eigenvalue weighted by Gasteiger charge is 1.96. The molecule has 0 radical (unpaired) electrons. The minimum absolute atomic E-state index is 0.177. The summed E-state index contributed by atoms with van der Waals surface area (Å²) in [7, 11) is 1.40. The second-order valence-electron chi connectivity index (χ2n) is 3.71. The fraction of sp³-hybridized carbons (Fsp3) is 0.353. The van der Waals surface area contributed by atoms with E-state index in [9.17, 15) is 4.79 Å². The van der Waals surface area contributed by atoms with Gasteiger partial charge in [0.1, 0.15) is 0 Å². The van der Waals surface area contributed by atoms with Gasteiger partial charge in [-0.15, -0.1) is 0 Å². The van der Waals surface area contributed by atoms with Crippen molar-refractivity contribution in [2.24, 2.45) is 0 Å². The average molecular weight is 335 g/mol. The molecule has 0 aliphatic heterocycles. The number of methoxy groups -OCH3 is 1.